The summed E-state index contributed by atoms with van der Waals surface area (Å²) in [5.41, 5.74) is 0.498. The number of carbonyl (C=O) groups is 3. The topological polar surface area (TPSA) is 76.4 Å². The zero-order valence-electron chi connectivity index (χ0n) is 14.1. The Kier molecular flexibility index (Phi) is 3.74. The molecular weight excluding hydrogens is 318 g/mol. The molecule has 1 aromatic rings. The molecule has 130 valence electrons. The van der Waals surface area contributed by atoms with Crippen molar-refractivity contribution >= 4 is 23.7 Å². The average molecular weight is 339 g/mol. The Balaban J connectivity index is 1.69. The normalized spacial score (nSPS) is 30.6. The molecule has 4 rings (SSSR count). The van der Waals surface area contributed by atoms with Gasteiger partial charge in [-0.1, -0.05) is 31.9 Å². The molecule has 2 aliphatic carbocycles. The van der Waals surface area contributed by atoms with Gasteiger partial charge in [-0.25, -0.2) is 4.79 Å². The molecule has 1 aliphatic heterocycles. The summed E-state index contributed by atoms with van der Waals surface area (Å²) < 4.78 is 1.28. The zero-order chi connectivity index (χ0) is 17.7. The van der Waals surface area contributed by atoms with Crippen LogP contribution >= 0.6 is 0 Å². The molecule has 0 aromatic carbocycles. The van der Waals surface area contributed by atoms with E-state index in [4.69, 9.17) is 0 Å². The highest BCUT2D eigenvalue weighted by atomic mass is 16.4. The zero-order valence-corrected chi connectivity index (χ0v) is 14.1. The maximum absolute atomic E-state index is 13.2. The molecule has 0 saturated heterocycles. The first kappa shape index (κ1) is 16.1. The van der Waals surface area contributed by atoms with E-state index in [0.717, 1.165) is 19.3 Å². The number of nitrogens with zero attached hydrogens (tertiary/aromatic N) is 1. The molecule has 0 spiro atoms. The number of rotatable bonds is 3. The van der Waals surface area contributed by atoms with E-state index in [1.807, 2.05) is 6.92 Å². The average Bonchev–Trinajstić information content (AvgIpc) is 3.15. The van der Waals surface area contributed by atoms with Crippen LogP contribution in [0.15, 0.2) is 30.0 Å². The molecule has 1 saturated carbocycles. The van der Waals surface area contributed by atoms with E-state index >= 15 is 0 Å². The van der Waals surface area contributed by atoms with Crippen molar-refractivity contribution in [1.29, 1.82) is 0 Å². The van der Waals surface area contributed by atoms with Crippen LogP contribution in [0.2, 0.25) is 0 Å². The number of fused-ring (bicyclic) bond motifs is 2. The summed E-state index contributed by atoms with van der Waals surface area (Å²) in [4.78, 5) is 37.2. The van der Waals surface area contributed by atoms with Gasteiger partial charge in [0.2, 0.25) is 0 Å². The van der Waals surface area contributed by atoms with Crippen LogP contribution in [0.3, 0.4) is 0 Å². The Labute approximate surface area is 146 Å². The van der Waals surface area contributed by atoms with Crippen LogP contribution in [0.25, 0.3) is 6.08 Å². The highest BCUT2D eigenvalue weighted by Gasteiger charge is 2.43. The fourth-order valence-electron chi connectivity index (χ4n) is 4.77. The molecule has 1 fully saturated rings. The number of allylic oxidation sites excluding steroid dienone is 3. The number of carboxylic acid groups (broad SMARTS) is 1. The first-order valence-corrected chi connectivity index (χ1v) is 8.92. The van der Waals surface area contributed by atoms with Crippen molar-refractivity contribution in [3.63, 3.8) is 0 Å². The van der Waals surface area contributed by atoms with Crippen LogP contribution in [0, 0.1) is 23.7 Å². The van der Waals surface area contributed by atoms with E-state index in [-0.39, 0.29) is 34.7 Å². The van der Waals surface area contributed by atoms with Crippen molar-refractivity contribution in [2.75, 3.05) is 0 Å². The van der Waals surface area contributed by atoms with Gasteiger partial charge in [0.1, 0.15) is 0 Å². The molecule has 4 atom stereocenters. The fourth-order valence-corrected chi connectivity index (χ4v) is 4.77. The molecule has 1 N–H and O–H groups in total. The van der Waals surface area contributed by atoms with Crippen LogP contribution < -0.4 is 0 Å². The highest BCUT2D eigenvalue weighted by Crippen LogP contribution is 2.44. The minimum atomic E-state index is -1.09. The number of aromatic carboxylic acids is 1. The van der Waals surface area contributed by atoms with Crippen molar-refractivity contribution < 1.29 is 19.5 Å². The molecular formula is C20H21NO4. The first-order chi connectivity index (χ1) is 12.0. The maximum Gasteiger partial charge on any atom is 0.337 e. The summed E-state index contributed by atoms with van der Waals surface area (Å²) >= 11 is 0. The second kappa shape index (κ2) is 5.83. The minimum absolute atomic E-state index is 0.0586. The smallest absolute Gasteiger partial charge is 0.337 e. The second-order valence-corrected chi connectivity index (χ2v) is 7.40. The number of ketones is 1. The van der Waals surface area contributed by atoms with Crippen LogP contribution in [-0.2, 0) is 4.79 Å². The maximum atomic E-state index is 13.2. The lowest BCUT2D eigenvalue weighted by molar-refractivity contribution is -0.123. The number of carbonyl (C=O) groups excluding carboxylic acids is 2. The lowest BCUT2D eigenvalue weighted by Crippen LogP contribution is -2.39. The van der Waals surface area contributed by atoms with Crippen molar-refractivity contribution in [2.45, 2.75) is 32.6 Å². The second-order valence-electron chi connectivity index (χ2n) is 7.40. The Morgan fingerprint density at radius 2 is 1.96 bits per heavy atom. The van der Waals surface area contributed by atoms with Gasteiger partial charge in [0.05, 0.1) is 16.8 Å². The molecule has 5 heteroatoms. The molecule has 4 unspecified atom stereocenters. The van der Waals surface area contributed by atoms with Gasteiger partial charge in [0, 0.05) is 12.1 Å². The van der Waals surface area contributed by atoms with E-state index in [1.54, 1.807) is 0 Å². The molecule has 0 amide bonds. The van der Waals surface area contributed by atoms with Crippen LogP contribution in [0.1, 0.15) is 53.5 Å². The summed E-state index contributed by atoms with van der Waals surface area (Å²) in [6, 6.07) is 1.40. The Morgan fingerprint density at radius 1 is 1.20 bits per heavy atom. The number of hydrogen-bond acceptors (Lipinski definition) is 3. The predicted molar refractivity (Wildman–Crippen MR) is 92.2 cm³/mol. The van der Waals surface area contributed by atoms with Crippen molar-refractivity contribution in [3.8, 4) is 0 Å². The van der Waals surface area contributed by atoms with E-state index in [9.17, 15) is 19.5 Å². The summed E-state index contributed by atoms with van der Waals surface area (Å²) in [5.74, 6) is -1.01. The minimum Gasteiger partial charge on any atom is -0.478 e. The SMILES string of the molecule is CC1C=CC2CCCCC2C1C(=O)C1=Cc2c(C(=O)O)ccn2C1=O. The third kappa shape index (κ3) is 2.41. The van der Waals surface area contributed by atoms with Crippen molar-refractivity contribution in [3.05, 3.63) is 41.2 Å². The highest BCUT2D eigenvalue weighted by molar-refractivity contribution is 6.27. The Morgan fingerprint density at radius 3 is 2.72 bits per heavy atom. The molecule has 25 heavy (non-hydrogen) atoms. The third-order valence-corrected chi connectivity index (χ3v) is 6.02. The van der Waals surface area contributed by atoms with Crippen LogP contribution in [0.4, 0.5) is 0 Å². The van der Waals surface area contributed by atoms with E-state index in [2.05, 4.69) is 12.2 Å². The summed E-state index contributed by atoms with van der Waals surface area (Å²) in [6.07, 6.45) is 11.7. The molecule has 1 aromatic heterocycles. The molecule has 0 bridgehead atoms. The number of carboxylic acids is 1. The van der Waals surface area contributed by atoms with Gasteiger partial charge in [-0.15, -0.1) is 0 Å². The van der Waals surface area contributed by atoms with Crippen LogP contribution in [-0.4, -0.2) is 27.3 Å². The van der Waals surface area contributed by atoms with Gasteiger partial charge in [-0.2, -0.15) is 0 Å². The predicted octanol–water partition coefficient (Wildman–Crippen LogP) is 3.42. The number of Topliss-reactive ketones (excluding diaryl/α,β-unsaturated/α-hetero) is 1. The van der Waals surface area contributed by atoms with Gasteiger partial charge in [0.15, 0.2) is 5.78 Å². The standard InChI is InChI=1S/C20H21NO4/c1-11-6-7-12-4-2-3-5-13(12)17(11)18(22)15-10-16-14(20(24)25)8-9-21(16)19(15)23/h6-13,17H,2-5H2,1H3,(H,24,25). The quantitative estimate of drug-likeness (QED) is 0.676. The summed E-state index contributed by atoms with van der Waals surface area (Å²) in [7, 11) is 0. The molecule has 2 heterocycles. The Hall–Kier alpha value is -2.43. The van der Waals surface area contributed by atoms with Gasteiger partial charge in [-0.05, 0) is 42.7 Å². The number of hydrogen-bond donors (Lipinski definition) is 1. The Bertz CT molecular complexity index is 829. The summed E-state index contributed by atoms with van der Waals surface area (Å²) in [6.45, 7) is 2.03. The van der Waals surface area contributed by atoms with Gasteiger partial charge in [-0.3, -0.25) is 14.2 Å². The molecule has 3 aliphatic rings. The lowest BCUT2D eigenvalue weighted by atomic mass is 9.63. The lowest BCUT2D eigenvalue weighted by Gasteiger charge is -2.40. The van der Waals surface area contributed by atoms with Crippen LogP contribution in [0.5, 0.6) is 0 Å². The monoisotopic (exact) mass is 339 g/mol. The molecule has 5 nitrogen and oxygen atoms in total. The number of aromatic nitrogens is 1. The largest absolute Gasteiger partial charge is 0.478 e. The first-order valence-electron chi connectivity index (χ1n) is 8.92. The molecule has 0 radical (unpaired) electrons. The van der Waals surface area contributed by atoms with Gasteiger partial charge >= 0.3 is 5.97 Å². The van der Waals surface area contributed by atoms with Gasteiger partial charge < -0.3 is 5.11 Å². The van der Waals surface area contributed by atoms with Gasteiger partial charge in [0.25, 0.3) is 5.91 Å². The van der Waals surface area contributed by atoms with Crippen molar-refractivity contribution in [2.24, 2.45) is 23.7 Å². The summed E-state index contributed by atoms with van der Waals surface area (Å²) in [5, 5.41) is 9.25. The van der Waals surface area contributed by atoms with E-state index < -0.39 is 11.9 Å². The van der Waals surface area contributed by atoms with Crippen molar-refractivity contribution in [1.82, 2.24) is 4.57 Å². The van der Waals surface area contributed by atoms with E-state index in [0.29, 0.717) is 11.6 Å². The fraction of sp³-hybridized carbons (Fsp3) is 0.450. The van der Waals surface area contributed by atoms with E-state index in [1.165, 1.54) is 29.3 Å². The third-order valence-electron chi connectivity index (χ3n) is 6.02.